The Morgan fingerprint density at radius 1 is 1.09 bits per heavy atom. The van der Waals surface area contributed by atoms with Crippen molar-refractivity contribution in [2.75, 3.05) is 6.61 Å². The first-order chi connectivity index (χ1) is 16.9. The summed E-state index contributed by atoms with van der Waals surface area (Å²) in [6.45, 7) is 4.31. The molecule has 4 rings (SSSR count). The predicted octanol–water partition coefficient (Wildman–Crippen LogP) is 6.52. The summed E-state index contributed by atoms with van der Waals surface area (Å²) in [7, 11) is 0. The van der Waals surface area contributed by atoms with Crippen LogP contribution in [0.15, 0.2) is 81.9 Å². The van der Waals surface area contributed by atoms with Gasteiger partial charge in [0.25, 0.3) is 11.8 Å². The van der Waals surface area contributed by atoms with Gasteiger partial charge in [-0.25, -0.2) is 0 Å². The Hall–Kier alpha value is -3.42. The SMILES string of the molecule is CCOc1cc(/C=C2/C(=O)N(C(=O)c3ccccc3)N=C2C)cc(Br)c1OCc1cccc(Cl)c1. The van der Waals surface area contributed by atoms with E-state index in [0.717, 1.165) is 10.6 Å². The molecule has 0 atom stereocenters. The average Bonchev–Trinajstić information content (AvgIpc) is 3.12. The molecule has 2 amide bonds. The third kappa shape index (κ3) is 5.63. The molecule has 1 aliphatic rings. The van der Waals surface area contributed by atoms with Gasteiger partial charge in [-0.2, -0.15) is 10.1 Å². The van der Waals surface area contributed by atoms with Crippen LogP contribution < -0.4 is 9.47 Å². The highest BCUT2D eigenvalue weighted by Gasteiger charge is 2.33. The molecule has 0 saturated carbocycles. The smallest absolute Gasteiger partial charge is 0.283 e. The van der Waals surface area contributed by atoms with Crippen LogP contribution in [0, 0.1) is 0 Å². The quantitative estimate of drug-likeness (QED) is 0.247. The summed E-state index contributed by atoms with van der Waals surface area (Å²) in [5.41, 5.74) is 2.79. The van der Waals surface area contributed by atoms with Crippen molar-refractivity contribution in [1.29, 1.82) is 0 Å². The zero-order valence-electron chi connectivity index (χ0n) is 19.1. The second-order valence-electron chi connectivity index (χ2n) is 7.71. The number of carbonyl (C=O) groups excluding carboxylic acids is 2. The number of hydrogen-bond donors (Lipinski definition) is 0. The maximum atomic E-state index is 13.0. The number of amides is 2. The van der Waals surface area contributed by atoms with Gasteiger partial charge in [0, 0.05) is 10.6 Å². The second kappa shape index (κ2) is 10.9. The van der Waals surface area contributed by atoms with Gasteiger partial charge in [0.05, 0.1) is 22.4 Å². The van der Waals surface area contributed by atoms with Crippen LogP contribution in [-0.4, -0.2) is 29.1 Å². The van der Waals surface area contributed by atoms with Crippen LogP contribution in [0.1, 0.15) is 35.3 Å². The van der Waals surface area contributed by atoms with E-state index in [0.29, 0.717) is 56.6 Å². The molecular formula is C27H22BrClN2O4. The monoisotopic (exact) mass is 552 g/mol. The molecule has 1 aliphatic heterocycles. The normalized spacial score (nSPS) is 14.3. The van der Waals surface area contributed by atoms with Crippen molar-refractivity contribution in [3.05, 3.63) is 98.5 Å². The van der Waals surface area contributed by atoms with Crippen molar-refractivity contribution in [2.45, 2.75) is 20.5 Å². The number of imide groups is 1. The Bertz CT molecular complexity index is 1340. The lowest BCUT2D eigenvalue weighted by atomic mass is 10.1. The molecule has 3 aromatic carbocycles. The van der Waals surface area contributed by atoms with E-state index in [-0.39, 0.29) is 0 Å². The number of benzene rings is 3. The lowest BCUT2D eigenvalue weighted by Gasteiger charge is -2.15. The Morgan fingerprint density at radius 3 is 2.57 bits per heavy atom. The molecule has 35 heavy (non-hydrogen) atoms. The van der Waals surface area contributed by atoms with Gasteiger partial charge in [0.2, 0.25) is 0 Å². The van der Waals surface area contributed by atoms with Gasteiger partial charge >= 0.3 is 0 Å². The molecule has 0 fully saturated rings. The molecule has 0 radical (unpaired) electrons. The van der Waals surface area contributed by atoms with Crippen LogP contribution >= 0.6 is 27.5 Å². The maximum absolute atomic E-state index is 13.0. The lowest BCUT2D eigenvalue weighted by molar-refractivity contribution is -0.123. The highest BCUT2D eigenvalue weighted by molar-refractivity contribution is 9.10. The Balaban J connectivity index is 1.60. The second-order valence-corrected chi connectivity index (χ2v) is 9.00. The van der Waals surface area contributed by atoms with Crippen molar-refractivity contribution in [3.8, 4) is 11.5 Å². The van der Waals surface area contributed by atoms with Gasteiger partial charge < -0.3 is 9.47 Å². The number of carbonyl (C=O) groups is 2. The average molecular weight is 554 g/mol. The largest absolute Gasteiger partial charge is 0.490 e. The fourth-order valence-corrected chi connectivity index (χ4v) is 4.34. The van der Waals surface area contributed by atoms with E-state index in [4.69, 9.17) is 21.1 Å². The molecule has 0 aromatic heterocycles. The van der Waals surface area contributed by atoms with Crippen molar-refractivity contribution in [1.82, 2.24) is 5.01 Å². The molecule has 0 aliphatic carbocycles. The van der Waals surface area contributed by atoms with Gasteiger partial charge in [0.1, 0.15) is 6.61 Å². The molecule has 3 aromatic rings. The molecule has 6 nitrogen and oxygen atoms in total. The van der Waals surface area contributed by atoms with Gasteiger partial charge in [0.15, 0.2) is 11.5 Å². The van der Waals surface area contributed by atoms with Gasteiger partial charge in [-0.1, -0.05) is 41.9 Å². The van der Waals surface area contributed by atoms with Crippen molar-refractivity contribution < 1.29 is 19.1 Å². The third-order valence-electron chi connectivity index (χ3n) is 5.19. The summed E-state index contributed by atoms with van der Waals surface area (Å²) in [5.74, 6) is 0.108. The van der Waals surface area contributed by atoms with Crippen LogP contribution in [0.3, 0.4) is 0 Å². The fraction of sp³-hybridized carbons (Fsp3) is 0.148. The maximum Gasteiger partial charge on any atom is 0.283 e. The minimum atomic E-state index is -0.480. The number of ether oxygens (including phenoxy) is 2. The van der Waals surface area contributed by atoms with E-state index in [1.165, 1.54) is 0 Å². The van der Waals surface area contributed by atoms with Crippen molar-refractivity contribution in [2.24, 2.45) is 5.10 Å². The summed E-state index contributed by atoms with van der Waals surface area (Å²) in [4.78, 5) is 25.8. The first-order valence-electron chi connectivity index (χ1n) is 10.9. The Morgan fingerprint density at radius 2 is 1.86 bits per heavy atom. The number of hydrazone groups is 1. The fourth-order valence-electron chi connectivity index (χ4n) is 3.55. The number of nitrogens with zero attached hydrogens (tertiary/aromatic N) is 2. The van der Waals surface area contributed by atoms with Crippen LogP contribution in [0.25, 0.3) is 6.08 Å². The van der Waals surface area contributed by atoms with E-state index in [1.807, 2.05) is 31.2 Å². The van der Waals surface area contributed by atoms with Crippen LogP contribution in [0.2, 0.25) is 5.02 Å². The first kappa shape index (κ1) is 24.7. The molecule has 0 N–H and O–H groups in total. The molecule has 8 heteroatoms. The lowest BCUT2D eigenvalue weighted by Crippen LogP contribution is -2.29. The molecule has 1 heterocycles. The minimum Gasteiger partial charge on any atom is -0.490 e. The molecule has 0 spiro atoms. The standard InChI is InChI=1S/C27H22BrClN2O4/c1-3-34-24-15-19(14-23(28)25(24)35-16-18-8-7-11-21(29)12-18)13-22-17(2)30-31(27(22)33)26(32)20-9-5-4-6-10-20/h4-15H,3,16H2,1-2H3/b22-13+. The zero-order chi connectivity index (χ0) is 24.9. The van der Waals surface area contributed by atoms with Gasteiger partial charge in [-0.3, -0.25) is 9.59 Å². The van der Waals surface area contributed by atoms with E-state index in [1.54, 1.807) is 55.5 Å². The van der Waals surface area contributed by atoms with E-state index in [9.17, 15) is 9.59 Å². The summed E-state index contributed by atoms with van der Waals surface area (Å²) >= 11 is 9.63. The minimum absolute atomic E-state index is 0.306. The topological polar surface area (TPSA) is 68.2 Å². The predicted molar refractivity (Wildman–Crippen MR) is 140 cm³/mol. The van der Waals surface area contributed by atoms with Crippen molar-refractivity contribution in [3.63, 3.8) is 0 Å². The highest BCUT2D eigenvalue weighted by Crippen LogP contribution is 2.38. The number of rotatable bonds is 7. The highest BCUT2D eigenvalue weighted by atomic mass is 79.9. The van der Waals surface area contributed by atoms with Crippen LogP contribution in [0.5, 0.6) is 11.5 Å². The van der Waals surface area contributed by atoms with Gasteiger partial charge in [-0.05, 0) is 83.4 Å². The van der Waals surface area contributed by atoms with Crippen LogP contribution in [-0.2, 0) is 11.4 Å². The van der Waals surface area contributed by atoms with E-state index < -0.39 is 11.8 Å². The molecular weight excluding hydrogens is 532 g/mol. The summed E-state index contributed by atoms with van der Waals surface area (Å²) in [6.07, 6.45) is 1.69. The summed E-state index contributed by atoms with van der Waals surface area (Å²) in [5, 5.41) is 5.73. The summed E-state index contributed by atoms with van der Waals surface area (Å²) < 4.78 is 12.5. The number of hydrogen-bond acceptors (Lipinski definition) is 5. The van der Waals surface area contributed by atoms with Crippen molar-refractivity contribution >= 4 is 51.1 Å². The Labute approximate surface area is 216 Å². The Kier molecular flexibility index (Phi) is 7.68. The van der Waals surface area contributed by atoms with Gasteiger partial charge in [-0.15, -0.1) is 0 Å². The van der Waals surface area contributed by atoms with Crippen LogP contribution in [0.4, 0.5) is 0 Å². The van der Waals surface area contributed by atoms with E-state index >= 15 is 0 Å². The first-order valence-corrected chi connectivity index (χ1v) is 12.1. The molecule has 0 bridgehead atoms. The third-order valence-corrected chi connectivity index (χ3v) is 6.01. The zero-order valence-corrected chi connectivity index (χ0v) is 21.5. The summed E-state index contributed by atoms with van der Waals surface area (Å²) in [6, 6.07) is 19.6. The molecule has 0 saturated heterocycles. The number of halogens is 2. The molecule has 178 valence electrons. The van der Waals surface area contributed by atoms with E-state index in [2.05, 4.69) is 21.0 Å². The molecule has 0 unspecified atom stereocenters.